The van der Waals surface area contributed by atoms with Crippen LogP contribution in [0.2, 0.25) is 0 Å². The molecule has 1 fully saturated rings. The fourth-order valence-corrected chi connectivity index (χ4v) is 3.92. The van der Waals surface area contributed by atoms with Gasteiger partial charge in [0.25, 0.3) is 5.91 Å². The van der Waals surface area contributed by atoms with Gasteiger partial charge in [0, 0.05) is 24.2 Å². The third-order valence-corrected chi connectivity index (χ3v) is 5.44. The van der Waals surface area contributed by atoms with Gasteiger partial charge in [-0.25, -0.2) is 9.18 Å². The lowest BCUT2D eigenvalue weighted by Crippen LogP contribution is -2.48. The van der Waals surface area contributed by atoms with E-state index in [2.05, 4.69) is 5.32 Å². The number of benzene rings is 2. The molecule has 8 nitrogen and oxygen atoms in total. The van der Waals surface area contributed by atoms with E-state index in [-0.39, 0.29) is 26.0 Å². The van der Waals surface area contributed by atoms with Crippen LogP contribution in [0.25, 0.3) is 0 Å². The first-order chi connectivity index (χ1) is 15.0. The third-order valence-electron chi connectivity index (χ3n) is 5.44. The number of fused-ring (bicyclic) bond motifs is 2. The molecule has 0 aliphatic carbocycles. The quantitative estimate of drug-likeness (QED) is 0.745. The Hall–Kier alpha value is -3.93. The zero-order valence-electron chi connectivity index (χ0n) is 16.5. The highest BCUT2D eigenvalue weighted by molar-refractivity contribution is 6.11. The van der Waals surface area contributed by atoms with E-state index in [4.69, 9.17) is 10.00 Å². The molecule has 4 rings (SSSR count). The Balaban J connectivity index is 1.59. The second-order valence-corrected chi connectivity index (χ2v) is 7.25. The average molecular weight is 422 g/mol. The molecule has 2 aromatic carbocycles. The van der Waals surface area contributed by atoms with Gasteiger partial charge in [-0.15, -0.1) is 0 Å². The fourth-order valence-electron chi connectivity index (χ4n) is 3.92. The second-order valence-electron chi connectivity index (χ2n) is 7.25. The Morgan fingerprint density at radius 1 is 1.23 bits per heavy atom. The normalized spacial score (nSPS) is 19.4. The number of imide groups is 1. The van der Waals surface area contributed by atoms with Gasteiger partial charge in [-0.05, 0) is 30.3 Å². The minimum Gasteiger partial charge on any atom is -0.493 e. The summed E-state index contributed by atoms with van der Waals surface area (Å²) in [5, 5.41) is 11.7. The molecule has 9 heteroatoms. The zero-order chi connectivity index (χ0) is 22.0. The first-order valence-corrected chi connectivity index (χ1v) is 9.75. The van der Waals surface area contributed by atoms with Gasteiger partial charge in [-0.3, -0.25) is 14.5 Å². The molecule has 2 aliphatic rings. The lowest BCUT2D eigenvalue weighted by molar-refractivity contribution is -0.135. The zero-order valence-corrected chi connectivity index (χ0v) is 16.5. The molecular formula is C22H19FN4O4. The van der Waals surface area contributed by atoms with Crippen molar-refractivity contribution in [2.75, 3.05) is 24.6 Å². The summed E-state index contributed by atoms with van der Waals surface area (Å²) in [6, 6.07) is 13.5. The van der Waals surface area contributed by atoms with Crippen molar-refractivity contribution in [3.63, 3.8) is 0 Å². The number of anilines is 1. The van der Waals surface area contributed by atoms with Crippen LogP contribution in [-0.4, -0.2) is 42.4 Å². The molecular weight excluding hydrogens is 403 g/mol. The van der Waals surface area contributed by atoms with Crippen LogP contribution in [0.5, 0.6) is 5.75 Å². The van der Waals surface area contributed by atoms with Gasteiger partial charge in [-0.2, -0.15) is 5.26 Å². The first kappa shape index (κ1) is 20.3. The van der Waals surface area contributed by atoms with Crippen molar-refractivity contribution in [2.45, 2.75) is 18.4 Å². The van der Waals surface area contributed by atoms with Gasteiger partial charge >= 0.3 is 6.03 Å². The molecule has 2 aromatic rings. The van der Waals surface area contributed by atoms with Gasteiger partial charge in [0.05, 0.1) is 19.1 Å². The van der Waals surface area contributed by atoms with Crippen LogP contribution in [0, 0.1) is 17.1 Å². The molecule has 0 aromatic heterocycles. The molecule has 31 heavy (non-hydrogen) atoms. The van der Waals surface area contributed by atoms with E-state index in [0.717, 1.165) is 4.90 Å². The van der Waals surface area contributed by atoms with Crippen molar-refractivity contribution < 1.29 is 23.5 Å². The van der Waals surface area contributed by atoms with Crippen LogP contribution in [-0.2, 0) is 15.1 Å². The fraction of sp³-hybridized carbons (Fsp3) is 0.273. The number of carbonyl (C=O) groups is 3. The van der Waals surface area contributed by atoms with Crippen LogP contribution in [0.4, 0.5) is 14.9 Å². The Kier molecular flexibility index (Phi) is 5.29. The number of urea groups is 1. The maximum absolute atomic E-state index is 13.3. The van der Waals surface area contributed by atoms with Crippen molar-refractivity contribution in [3.05, 3.63) is 59.9 Å². The SMILES string of the molecule is N#CCCN(C(=O)CN1C(=O)N[C@]2(CCOc3ccccc32)C1=O)c1ccc(F)cc1. The number of hydrogen-bond donors (Lipinski definition) is 1. The molecule has 2 heterocycles. The number of nitrogens with one attached hydrogen (secondary N) is 1. The van der Waals surface area contributed by atoms with Crippen LogP contribution in [0.1, 0.15) is 18.4 Å². The van der Waals surface area contributed by atoms with Gasteiger partial charge < -0.3 is 15.0 Å². The summed E-state index contributed by atoms with van der Waals surface area (Å²) in [4.78, 5) is 41.2. The number of amides is 4. The monoisotopic (exact) mass is 422 g/mol. The molecule has 2 aliphatic heterocycles. The van der Waals surface area contributed by atoms with Gasteiger partial charge in [0.2, 0.25) is 5.91 Å². The predicted octanol–water partition coefficient (Wildman–Crippen LogP) is 2.30. The summed E-state index contributed by atoms with van der Waals surface area (Å²) >= 11 is 0. The lowest BCUT2D eigenvalue weighted by atomic mass is 9.84. The Labute approximate surface area is 177 Å². The van der Waals surface area contributed by atoms with Gasteiger partial charge in [0.1, 0.15) is 18.1 Å². The highest BCUT2D eigenvalue weighted by Crippen LogP contribution is 2.40. The Morgan fingerprint density at radius 3 is 2.71 bits per heavy atom. The van der Waals surface area contributed by atoms with E-state index in [9.17, 15) is 18.8 Å². The highest BCUT2D eigenvalue weighted by Gasteiger charge is 2.55. The van der Waals surface area contributed by atoms with Crippen molar-refractivity contribution in [3.8, 4) is 11.8 Å². The smallest absolute Gasteiger partial charge is 0.325 e. The molecule has 0 saturated carbocycles. The molecule has 158 valence electrons. The number of nitrogens with zero attached hydrogens (tertiary/aromatic N) is 3. The molecule has 1 spiro atoms. The van der Waals surface area contributed by atoms with Crippen molar-refractivity contribution in [1.29, 1.82) is 5.26 Å². The maximum Gasteiger partial charge on any atom is 0.325 e. The number of halogens is 1. The number of nitriles is 1. The van der Waals surface area contributed by atoms with Crippen molar-refractivity contribution in [1.82, 2.24) is 10.2 Å². The van der Waals surface area contributed by atoms with E-state index in [1.807, 2.05) is 6.07 Å². The van der Waals surface area contributed by atoms with Crippen LogP contribution < -0.4 is 15.0 Å². The first-order valence-electron chi connectivity index (χ1n) is 9.75. The van der Waals surface area contributed by atoms with Gasteiger partial charge in [-0.1, -0.05) is 18.2 Å². The summed E-state index contributed by atoms with van der Waals surface area (Å²) in [6.45, 7) is -0.209. The predicted molar refractivity (Wildman–Crippen MR) is 107 cm³/mol. The average Bonchev–Trinajstić information content (AvgIpc) is 3.00. The van der Waals surface area contributed by atoms with E-state index in [1.165, 1.54) is 29.2 Å². The molecule has 1 N–H and O–H groups in total. The van der Waals surface area contributed by atoms with Crippen LogP contribution in [0.15, 0.2) is 48.5 Å². The van der Waals surface area contributed by atoms with E-state index >= 15 is 0 Å². The molecule has 1 saturated heterocycles. The van der Waals surface area contributed by atoms with E-state index < -0.39 is 35.7 Å². The molecule has 0 bridgehead atoms. The Morgan fingerprint density at radius 2 is 1.97 bits per heavy atom. The van der Waals surface area contributed by atoms with Crippen molar-refractivity contribution in [2.24, 2.45) is 0 Å². The largest absolute Gasteiger partial charge is 0.493 e. The van der Waals surface area contributed by atoms with Crippen LogP contribution in [0.3, 0.4) is 0 Å². The molecule has 0 unspecified atom stereocenters. The number of carbonyl (C=O) groups excluding carboxylic acids is 3. The van der Waals surface area contributed by atoms with Crippen LogP contribution >= 0.6 is 0 Å². The summed E-state index contributed by atoms with van der Waals surface area (Å²) in [6.07, 6.45) is 0.285. The third kappa shape index (κ3) is 3.57. The minimum absolute atomic E-state index is 0.0396. The minimum atomic E-state index is -1.28. The summed E-state index contributed by atoms with van der Waals surface area (Å²) in [7, 11) is 0. The van der Waals surface area contributed by atoms with E-state index in [1.54, 1.807) is 24.3 Å². The van der Waals surface area contributed by atoms with Gasteiger partial charge in [0.15, 0.2) is 5.54 Å². The second kappa shape index (κ2) is 8.07. The number of ether oxygens (including phenoxy) is 1. The number of para-hydroxylation sites is 1. The maximum atomic E-state index is 13.3. The summed E-state index contributed by atoms with van der Waals surface area (Å²) in [5.74, 6) is -1.04. The van der Waals surface area contributed by atoms with E-state index in [0.29, 0.717) is 17.0 Å². The molecule has 1 atom stereocenters. The van der Waals surface area contributed by atoms with Crippen molar-refractivity contribution >= 4 is 23.5 Å². The summed E-state index contributed by atoms with van der Waals surface area (Å²) in [5.41, 5.74) is -0.353. The molecule has 4 amide bonds. The lowest BCUT2D eigenvalue weighted by Gasteiger charge is -2.33. The number of hydrogen-bond acceptors (Lipinski definition) is 5. The number of rotatable bonds is 5. The topological polar surface area (TPSA) is 103 Å². The molecule has 0 radical (unpaired) electrons. The standard InChI is InChI=1S/C22H19FN4O4/c23-15-6-8-16(9-7-15)26(12-3-11-24)19(28)14-27-20(29)22(25-21(27)30)10-13-31-18-5-2-1-4-17(18)22/h1-2,4-9H,3,10,12-14H2,(H,25,30)/t22-/m0/s1. The summed E-state index contributed by atoms with van der Waals surface area (Å²) < 4.78 is 18.9. The Bertz CT molecular complexity index is 1080. The highest BCUT2D eigenvalue weighted by atomic mass is 19.1.